The average Bonchev–Trinajstić information content (AvgIpc) is 2.77. The van der Waals surface area contributed by atoms with Crippen LogP contribution in [0, 0.1) is 22.7 Å². The molecule has 3 fully saturated rings. The van der Waals surface area contributed by atoms with Crippen molar-refractivity contribution in [2.75, 3.05) is 6.61 Å². The molecule has 0 amide bonds. The Bertz CT molecular complexity index is 545. The Kier molecular flexibility index (Phi) is 4.20. The van der Waals surface area contributed by atoms with Gasteiger partial charge in [-0.15, -0.1) is 0 Å². The lowest BCUT2D eigenvalue weighted by Gasteiger charge is -2.58. The quantitative estimate of drug-likeness (QED) is 0.475. The summed E-state index contributed by atoms with van der Waals surface area (Å²) in [6.45, 7) is 11.7. The third-order valence-electron chi connectivity index (χ3n) is 6.86. The molecule has 0 radical (unpaired) electrons. The fourth-order valence-corrected chi connectivity index (χ4v) is 5.64. The molecule has 0 spiro atoms. The molecule has 2 aliphatic carbocycles. The summed E-state index contributed by atoms with van der Waals surface area (Å²) in [6, 6.07) is 0. The van der Waals surface area contributed by atoms with Crippen LogP contribution in [0.4, 0.5) is 0 Å². The molecule has 1 heterocycles. The second-order valence-electron chi connectivity index (χ2n) is 8.66. The van der Waals surface area contributed by atoms with Gasteiger partial charge in [0.2, 0.25) is 0 Å². The second-order valence-corrected chi connectivity index (χ2v) is 8.66. The standard InChI is InChI=1S/C20H30O3/c1-13-6-9-17-19(2,3)10-5-11-20(17,4)15(13)8-7-14-16(21)12-23-18(14)22/h7,15-17,21H,1,5-6,8-12H2,2-4H3/b14-7-/t15-,16-,17-,20+/m0/s1. The molecule has 23 heavy (non-hydrogen) atoms. The lowest BCUT2D eigenvalue weighted by Crippen LogP contribution is -2.49. The minimum Gasteiger partial charge on any atom is -0.459 e. The van der Waals surface area contributed by atoms with Crippen LogP contribution < -0.4 is 0 Å². The maximum atomic E-state index is 11.7. The largest absolute Gasteiger partial charge is 0.459 e. The number of fused-ring (bicyclic) bond motifs is 1. The van der Waals surface area contributed by atoms with Crippen molar-refractivity contribution < 1.29 is 14.6 Å². The van der Waals surface area contributed by atoms with E-state index in [-0.39, 0.29) is 18.0 Å². The van der Waals surface area contributed by atoms with Crippen LogP contribution >= 0.6 is 0 Å². The number of esters is 1. The SMILES string of the molecule is C=C1CC[C@H]2C(C)(C)CCC[C@]2(C)[C@H]1C/C=C1\C(=O)OC[C@@H]1O. The number of aliphatic hydroxyl groups is 1. The predicted octanol–water partition coefficient (Wildman–Crippen LogP) is 4.02. The van der Waals surface area contributed by atoms with E-state index in [0.717, 1.165) is 12.8 Å². The Hall–Kier alpha value is -1.09. The van der Waals surface area contributed by atoms with Crippen LogP contribution in [0.2, 0.25) is 0 Å². The van der Waals surface area contributed by atoms with Gasteiger partial charge in [0.05, 0.1) is 5.57 Å². The molecule has 0 unspecified atom stereocenters. The summed E-state index contributed by atoms with van der Waals surface area (Å²) in [5.74, 6) is 0.747. The van der Waals surface area contributed by atoms with Gasteiger partial charge in [-0.25, -0.2) is 4.79 Å². The van der Waals surface area contributed by atoms with Crippen molar-refractivity contribution in [3.05, 3.63) is 23.8 Å². The molecule has 1 saturated heterocycles. The van der Waals surface area contributed by atoms with Crippen LogP contribution in [-0.2, 0) is 9.53 Å². The molecule has 1 aliphatic heterocycles. The van der Waals surface area contributed by atoms with Crippen molar-refractivity contribution in [2.45, 2.75) is 65.4 Å². The van der Waals surface area contributed by atoms with Crippen LogP contribution in [0.15, 0.2) is 23.8 Å². The number of ether oxygens (including phenoxy) is 1. The van der Waals surface area contributed by atoms with Gasteiger partial charge in [0.25, 0.3) is 0 Å². The van der Waals surface area contributed by atoms with Crippen molar-refractivity contribution >= 4 is 5.97 Å². The fourth-order valence-electron chi connectivity index (χ4n) is 5.64. The lowest BCUT2D eigenvalue weighted by molar-refractivity contribution is -0.135. The smallest absolute Gasteiger partial charge is 0.336 e. The molecular formula is C20H30O3. The Morgan fingerprint density at radius 3 is 2.74 bits per heavy atom. The van der Waals surface area contributed by atoms with Crippen LogP contribution in [0.1, 0.15) is 59.3 Å². The topological polar surface area (TPSA) is 46.5 Å². The third-order valence-corrected chi connectivity index (χ3v) is 6.86. The fraction of sp³-hybridized carbons (Fsp3) is 0.750. The zero-order valence-electron chi connectivity index (χ0n) is 14.7. The van der Waals surface area contributed by atoms with Gasteiger partial charge in [0.1, 0.15) is 12.7 Å². The zero-order valence-corrected chi connectivity index (χ0v) is 14.7. The summed E-state index contributed by atoms with van der Waals surface area (Å²) in [5, 5.41) is 9.90. The monoisotopic (exact) mass is 318 g/mol. The summed E-state index contributed by atoms with van der Waals surface area (Å²) < 4.78 is 4.93. The Morgan fingerprint density at radius 1 is 1.35 bits per heavy atom. The lowest BCUT2D eigenvalue weighted by atomic mass is 9.47. The maximum absolute atomic E-state index is 11.7. The van der Waals surface area contributed by atoms with Crippen LogP contribution in [0.25, 0.3) is 0 Å². The van der Waals surface area contributed by atoms with Gasteiger partial charge in [0, 0.05) is 0 Å². The van der Waals surface area contributed by atoms with E-state index in [1.165, 1.54) is 31.3 Å². The molecule has 0 aromatic heterocycles. The first-order chi connectivity index (χ1) is 10.8. The van der Waals surface area contributed by atoms with Gasteiger partial charge < -0.3 is 9.84 Å². The number of allylic oxidation sites excluding steroid dienone is 2. The molecule has 3 heteroatoms. The zero-order chi connectivity index (χ0) is 16.8. The minimum absolute atomic E-state index is 0.100. The van der Waals surface area contributed by atoms with Crippen molar-refractivity contribution in [1.82, 2.24) is 0 Å². The number of rotatable bonds is 2. The molecule has 0 aromatic carbocycles. The van der Waals surface area contributed by atoms with Crippen LogP contribution in [0.5, 0.6) is 0 Å². The number of carbonyl (C=O) groups is 1. The van der Waals surface area contributed by atoms with E-state index in [1.807, 2.05) is 6.08 Å². The summed E-state index contributed by atoms with van der Waals surface area (Å²) >= 11 is 0. The Balaban J connectivity index is 1.86. The van der Waals surface area contributed by atoms with Gasteiger partial charge in [-0.05, 0) is 54.8 Å². The Labute approximate surface area is 139 Å². The van der Waals surface area contributed by atoms with E-state index >= 15 is 0 Å². The molecule has 2 saturated carbocycles. The highest BCUT2D eigenvalue weighted by molar-refractivity contribution is 5.91. The second kappa shape index (κ2) is 5.77. The summed E-state index contributed by atoms with van der Waals surface area (Å²) in [7, 11) is 0. The number of carbonyl (C=O) groups excluding carboxylic acids is 1. The van der Waals surface area contributed by atoms with Crippen LogP contribution in [0.3, 0.4) is 0 Å². The first kappa shape index (κ1) is 16.8. The summed E-state index contributed by atoms with van der Waals surface area (Å²) in [6.07, 6.45) is 8.09. The number of cyclic esters (lactones) is 1. The molecular weight excluding hydrogens is 288 g/mol. The van der Waals surface area contributed by atoms with Gasteiger partial charge in [-0.3, -0.25) is 0 Å². The molecule has 1 N–H and O–H groups in total. The molecule has 3 nitrogen and oxygen atoms in total. The van der Waals surface area contributed by atoms with Gasteiger partial charge in [0.15, 0.2) is 0 Å². The van der Waals surface area contributed by atoms with E-state index < -0.39 is 6.10 Å². The molecule has 0 bridgehead atoms. The van der Waals surface area contributed by atoms with Gasteiger partial charge >= 0.3 is 5.97 Å². The van der Waals surface area contributed by atoms with E-state index in [9.17, 15) is 9.90 Å². The Morgan fingerprint density at radius 2 is 2.09 bits per heavy atom. The van der Waals surface area contributed by atoms with Gasteiger partial charge in [-0.2, -0.15) is 0 Å². The maximum Gasteiger partial charge on any atom is 0.336 e. The number of hydrogen-bond donors (Lipinski definition) is 1. The summed E-state index contributed by atoms with van der Waals surface area (Å²) in [4.78, 5) is 11.7. The van der Waals surface area contributed by atoms with Crippen molar-refractivity contribution in [3.8, 4) is 0 Å². The molecule has 0 aromatic rings. The van der Waals surface area contributed by atoms with Crippen molar-refractivity contribution in [1.29, 1.82) is 0 Å². The first-order valence-corrected chi connectivity index (χ1v) is 8.98. The predicted molar refractivity (Wildman–Crippen MR) is 90.8 cm³/mol. The highest BCUT2D eigenvalue weighted by Crippen LogP contribution is 2.61. The minimum atomic E-state index is -0.759. The molecule has 4 atom stereocenters. The van der Waals surface area contributed by atoms with Crippen LogP contribution in [-0.4, -0.2) is 23.8 Å². The highest BCUT2D eigenvalue weighted by Gasteiger charge is 2.52. The number of aliphatic hydroxyl groups excluding tert-OH is 1. The van der Waals surface area contributed by atoms with Crippen molar-refractivity contribution in [2.24, 2.45) is 22.7 Å². The first-order valence-electron chi connectivity index (χ1n) is 8.98. The summed E-state index contributed by atoms with van der Waals surface area (Å²) in [5.41, 5.74) is 2.39. The van der Waals surface area contributed by atoms with E-state index in [2.05, 4.69) is 27.4 Å². The van der Waals surface area contributed by atoms with E-state index in [1.54, 1.807) is 0 Å². The van der Waals surface area contributed by atoms with E-state index in [0.29, 0.717) is 22.8 Å². The highest BCUT2D eigenvalue weighted by atomic mass is 16.6. The van der Waals surface area contributed by atoms with Crippen molar-refractivity contribution in [3.63, 3.8) is 0 Å². The van der Waals surface area contributed by atoms with E-state index in [4.69, 9.17) is 4.74 Å². The molecule has 3 aliphatic rings. The normalized spacial score (nSPS) is 41.7. The number of hydrogen-bond acceptors (Lipinski definition) is 3. The molecule has 3 rings (SSSR count). The van der Waals surface area contributed by atoms with Gasteiger partial charge in [-0.1, -0.05) is 45.4 Å². The average molecular weight is 318 g/mol. The third kappa shape index (κ3) is 2.77. The molecule has 128 valence electrons.